The number of thioether (sulfide) groups is 1. The summed E-state index contributed by atoms with van der Waals surface area (Å²) in [6.45, 7) is 2.40. The van der Waals surface area contributed by atoms with Gasteiger partial charge in [-0.2, -0.15) is 4.31 Å². The summed E-state index contributed by atoms with van der Waals surface area (Å²) in [5.41, 5.74) is 2.10. The molecule has 1 saturated heterocycles. The Morgan fingerprint density at radius 3 is 2.69 bits per heavy atom. The van der Waals surface area contributed by atoms with Gasteiger partial charge in [0.25, 0.3) is 0 Å². The molecule has 0 bridgehead atoms. The second-order valence-corrected chi connectivity index (χ2v) is 10.6. The van der Waals surface area contributed by atoms with Crippen LogP contribution in [0.2, 0.25) is 0 Å². The van der Waals surface area contributed by atoms with Crippen LogP contribution < -0.4 is 10.1 Å². The molecule has 2 aromatic carbocycles. The van der Waals surface area contributed by atoms with E-state index in [-0.39, 0.29) is 29.6 Å². The maximum absolute atomic E-state index is 13.0. The number of carbonyl (C=O) groups excluding carboxylic acids is 1. The van der Waals surface area contributed by atoms with Crippen molar-refractivity contribution >= 4 is 44.4 Å². The molecule has 188 valence electrons. The zero-order valence-corrected chi connectivity index (χ0v) is 21.2. The lowest BCUT2D eigenvalue weighted by Crippen LogP contribution is -2.40. The van der Waals surface area contributed by atoms with E-state index in [4.69, 9.17) is 14.2 Å². The number of nitrogens with one attached hydrogen (secondary N) is 1. The number of aromatic nitrogens is 2. The van der Waals surface area contributed by atoms with Crippen LogP contribution in [-0.4, -0.2) is 81.1 Å². The predicted molar refractivity (Wildman–Crippen MR) is 134 cm³/mol. The highest BCUT2D eigenvalue weighted by atomic mass is 32.2. The van der Waals surface area contributed by atoms with Gasteiger partial charge in [0.1, 0.15) is 5.75 Å². The number of benzene rings is 2. The number of imidazole rings is 1. The summed E-state index contributed by atoms with van der Waals surface area (Å²) < 4.78 is 45.3. The van der Waals surface area contributed by atoms with E-state index in [9.17, 15) is 13.2 Å². The van der Waals surface area contributed by atoms with Gasteiger partial charge in [0.15, 0.2) is 5.16 Å². The summed E-state index contributed by atoms with van der Waals surface area (Å²) in [7, 11) is -0.608. The van der Waals surface area contributed by atoms with Gasteiger partial charge < -0.3 is 24.1 Å². The van der Waals surface area contributed by atoms with Crippen LogP contribution in [0.5, 0.6) is 5.75 Å². The molecule has 12 heteroatoms. The van der Waals surface area contributed by atoms with Gasteiger partial charge in [-0.3, -0.25) is 4.79 Å². The molecule has 0 spiro atoms. The van der Waals surface area contributed by atoms with Crippen molar-refractivity contribution in [3.63, 3.8) is 0 Å². The fraction of sp³-hybridized carbons (Fsp3) is 0.391. The molecule has 1 N–H and O–H groups in total. The van der Waals surface area contributed by atoms with Crippen molar-refractivity contribution in [1.82, 2.24) is 13.9 Å². The molecule has 35 heavy (non-hydrogen) atoms. The molecule has 0 saturated carbocycles. The van der Waals surface area contributed by atoms with Crippen LogP contribution in [0, 0.1) is 0 Å². The monoisotopic (exact) mass is 520 g/mol. The summed E-state index contributed by atoms with van der Waals surface area (Å²) in [5.74, 6) is 0.149. The van der Waals surface area contributed by atoms with Crippen molar-refractivity contribution in [1.29, 1.82) is 0 Å². The van der Waals surface area contributed by atoms with Crippen molar-refractivity contribution in [2.45, 2.75) is 16.6 Å². The topological polar surface area (TPSA) is 112 Å². The zero-order chi connectivity index (χ0) is 24.8. The molecule has 0 aliphatic carbocycles. The van der Waals surface area contributed by atoms with Crippen molar-refractivity contribution in [3.8, 4) is 5.75 Å². The summed E-state index contributed by atoms with van der Waals surface area (Å²) in [4.78, 5) is 17.6. The van der Waals surface area contributed by atoms with E-state index in [2.05, 4.69) is 10.3 Å². The molecule has 1 aliphatic heterocycles. The minimum absolute atomic E-state index is 0.0832. The quantitative estimate of drug-likeness (QED) is 0.406. The lowest BCUT2D eigenvalue weighted by molar-refractivity contribution is -0.113. The molecule has 0 atom stereocenters. The van der Waals surface area contributed by atoms with E-state index < -0.39 is 10.0 Å². The fourth-order valence-corrected chi connectivity index (χ4v) is 6.04. The molecular weight excluding hydrogens is 492 g/mol. The highest BCUT2D eigenvalue weighted by Gasteiger charge is 2.27. The first-order valence-electron chi connectivity index (χ1n) is 11.1. The van der Waals surface area contributed by atoms with Gasteiger partial charge in [-0.15, -0.1) is 0 Å². The summed E-state index contributed by atoms with van der Waals surface area (Å²) >= 11 is 1.30. The molecule has 0 radical (unpaired) electrons. The number of hydrogen-bond donors (Lipinski definition) is 1. The Morgan fingerprint density at radius 1 is 1.17 bits per heavy atom. The number of ether oxygens (including phenoxy) is 3. The molecule has 10 nitrogen and oxygen atoms in total. The molecule has 2 heterocycles. The van der Waals surface area contributed by atoms with E-state index in [0.717, 1.165) is 11.0 Å². The molecule has 4 rings (SSSR count). The third-order valence-electron chi connectivity index (χ3n) is 5.52. The van der Waals surface area contributed by atoms with Crippen molar-refractivity contribution in [2.75, 3.05) is 58.2 Å². The normalized spacial score (nSPS) is 14.8. The first-order valence-corrected chi connectivity index (χ1v) is 13.5. The third-order valence-corrected chi connectivity index (χ3v) is 8.39. The van der Waals surface area contributed by atoms with Gasteiger partial charge in [0.05, 0.1) is 54.3 Å². The second-order valence-electron chi connectivity index (χ2n) is 7.74. The maximum Gasteiger partial charge on any atom is 0.243 e. The van der Waals surface area contributed by atoms with Crippen molar-refractivity contribution in [3.05, 3.63) is 42.5 Å². The summed E-state index contributed by atoms with van der Waals surface area (Å²) in [5, 5.41) is 3.49. The Labute approximate surface area is 208 Å². The van der Waals surface area contributed by atoms with Crippen LogP contribution in [0.3, 0.4) is 0 Å². The first kappa shape index (κ1) is 25.5. The van der Waals surface area contributed by atoms with Crippen LogP contribution >= 0.6 is 11.8 Å². The van der Waals surface area contributed by atoms with Gasteiger partial charge in [0.2, 0.25) is 15.9 Å². The Bertz CT molecular complexity index is 1290. The Hall–Kier alpha value is -2.64. The number of carbonyl (C=O) groups is 1. The highest BCUT2D eigenvalue weighted by Crippen LogP contribution is 2.30. The van der Waals surface area contributed by atoms with E-state index in [1.165, 1.54) is 35.3 Å². The van der Waals surface area contributed by atoms with Crippen molar-refractivity contribution < 1.29 is 27.4 Å². The first-order chi connectivity index (χ1) is 16.9. The number of fused-ring (bicyclic) bond motifs is 1. The molecule has 1 aromatic heterocycles. The number of para-hydroxylation sites is 2. The van der Waals surface area contributed by atoms with Gasteiger partial charge >= 0.3 is 0 Å². The Kier molecular flexibility index (Phi) is 8.29. The van der Waals surface area contributed by atoms with Gasteiger partial charge in [-0.1, -0.05) is 23.9 Å². The molecule has 1 amide bonds. The number of amides is 1. The average Bonchev–Trinajstić information content (AvgIpc) is 3.24. The highest BCUT2D eigenvalue weighted by molar-refractivity contribution is 7.99. The number of sulfonamides is 1. The third kappa shape index (κ3) is 5.78. The standard InChI is InChI=1S/C23H28N4O6S2/c1-31-12-11-27-20-6-4-3-5-18(20)25-23(27)34-16-22(28)24-19-15-17(7-8-21(19)32-2)35(29,30)26-9-13-33-14-10-26/h3-8,15H,9-14,16H2,1-2H3,(H,24,28). The average molecular weight is 521 g/mol. The van der Waals surface area contributed by atoms with Crippen LogP contribution in [0.15, 0.2) is 52.5 Å². The van der Waals surface area contributed by atoms with Crippen LogP contribution in [0.25, 0.3) is 11.0 Å². The van der Waals surface area contributed by atoms with Crippen LogP contribution in [0.4, 0.5) is 5.69 Å². The number of anilines is 1. The Balaban J connectivity index is 1.50. The van der Waals surface area contributed by atoms with Crippen LogP contribution in [-0.2, 0) is 30.8 Å². The minimum atomic E-state index is -3.71. The molecule has 3 aromatic rings. The maximum atomic E-state index is 13.0. The minimum Gasteiger partial charge on any atom is -0.495 e. The number of morpholine rings is 1. The van der Waals surface area contributed by atoms with Crippen LogP contribution in [0.1, 0.15) is 0 Å². The fourth-order valence-electron chi connectivity index (χ4n) is 3.76. The van der Waals surface area contributed by atoms with Crippen molar-refractivity contribution in [2.24, 2.45) is 0 Å². The SMILES string of the molecule is COCCn1c(SCC(=O)Nc2cc(S(=O)(=O)N3CCOCC3)ccc2OC)nc2ccccc21. The van der Waals surface area contributed by atoms with Gasteiger partial charge in [-0.05, 0) is 30.3 Å². The molecule has 1 aliphatic rings. The second kappa shape index (κ2) is 11.4. The summed E-state index contributed by atoms with van der Waals surface area (Å²) in [6, 6.07) is 12.2. The number of nitrogens with zero attached hydrogens (tertiary/aromatic N) is 3. The van der Waals surface area contributed by atoms with Gasteiger partial charge in [-0.25, -0.2) is 13.4 Å². The molecular formula is C23H28N4O6S2. The molecule has 0 unspecified atom stereocenters. The van der Waals surface area contributed by atoms with E-state index in [1.54, 1.807) is 13.2 Å². The number of hydrogen-bond acceptors (Lipinski definition) is 8. The van der Waals surface area contributed by atoms with E-state index in [0.29, 0.717) is 43.0 Å². The summed E-state index contributed by atoms with van der Waals surface area (Å²) in [6.07, 6.45) is 0. The zero-order valence-electron chi connectivity index (χ0n) is 19.6. The number of methoxy groups -OCH3 is 2. The van der Waals surface area contributed by atoms with E-state index in [1.807, 2.05) is 28.8 Å². The largest absolute Gasteiger partial charge is 0.495 e. The molecule has 1 fully saturated rings. The lowest BCUT2D eigenvalue weighted by atomic mass is 10.3. The Morgan fingerprint density at radius 2 is 1.94 bits per heavy atom. The lowest BCUT2D eigenvalue weighted by Gasteiger charge is -2.26. The van der Waals surface area contributed by atoms with E-state index >= 15 is 0 Å². The predicted octanol–water partition coefficient (Wildman–Crippen LogP) is 2.44. The van der Waals surface area contributed by atoms with Gasteiger partial charge in [0, 0.05) is 26.7 Å². The smallest absolute Gasteiger partial charge is 0.243 e. The number of rotatable bonds is 10.